The van der Waals surface area contributed by atoms with Crippen molar-refractivity contribution in [1.82, 2.24) is 14.9 Å². The van der Waals surface area contributed by atoms with Crippen LogP contribution >= 0.6 is 0 Å². The van der Waals surface area contributed by atoms with E-state index in [1.54, 1.807) is 32.0 Å². The van der Waals surface area contributed by atoms with Gasteiger partial charge in [-0.25, -0.2) is 4.98 Å². The average Bonchev–Trinajstić information content (AvgIpc) is 2.69. The van der Waals surface area contributed by atoms with Crippen LogP contribution in [0, 0.1) is 6.92 Å². The maximum Gasteiger partial charge on any atom is 0.308 e. The van der Waals surface area contributed by atoms with Crippen LogP contribution in [0.2, 0.25) is 0 Å². The van der Waals surface area contributed by atoms with Gasteiger partial charge < -0.3 is 10.1 Å². The molecule has 3 aromatic rings. The number of hydrogen-bond donors (Lipinski definition) is 1. The van der Waals surface area contributed by atoms with Crippen LogP contribution in [0.1, 0.15) is 37.4 Å². The number of benzene rings is 2. The Morgan fingerprint density at radius 2 is 1.80 bits per heavy atom. The Bertz CT molecular complexity index is 1100. The van der Waals surface area contributed by atoms with E-state index in [4.69, 9.17) is 4.74 Å². The molecule has 1 atom stereocenters. The van der Waals surface area contributed by atoms with E-state index in [0.717, 1.165) is 11.1 Å². The summed E-state index contributed by atoms with van der Waals surface area (Å²) in [6.45, 7) is 5.34. The highest BCUT2D eigenvalue weighted by molar-refractivity contribution is 5.81. The minimum atomic E-state index is -0.562. The molecule has 0 bridgehead atoms. The summed E-state index contributed by atoms with van der Waals surface area (Å²) >= 11 is 0. The molecule has 1 amide bonds. The predicted octanol–water partition coefficient (Wildman–Crippen LogP) is 2.90. The maximum atomic E-state index is 12.8. The Morgan fingerprint density at radius 1 is 1.10 bits per heavy atom. The molecule has 1 N–H and O–H groups in total. The van der Waals surface area contributed by atoms with E-state index in [1.165, 1.54) is 10.8 Å². The van der Waals surface area contributed by atoms with Gasteiger partial charge in [-0.2, -0.15) is 0 Å². The molecule has 0 aliphatic heterocycles. The van der Waals surface area contributed by atoms with Crippen molar-refractivity contribution in [3.05, 3.63) is 76.2 Å². The summed E-state index contributed by atoms with van der Waals surface area (Å²) in [5.41, 5.74) is 2.70. The number of carbonyl (C=O) groups excluding carboxylic acids is 2. The zero-order valence-electron chi connectivity index (χ0n) is 17.3. The van der Waals surface area contributed by atoms with E-state index in [9.17, 15) is 14.4 Å². The van der Waals surface area contributed by atoms with Crippen molar-refractivity contribution in [3.63, 3.8) is 0 Å². The number of amides is 1. The number of para-hydroxylation sites is 2. The lowest BCUT2D eigenvalue weighted by atomic mass is 10.0. The van der Waals surface area contributed by atoms with Crippen LogP contribution in [0.25, 0.3) is 11.0 Å². The average molecular weight is 407 g/mol. The molecule has 2 aromatic carbocycles. The Kier molecular flexibility index (Phi) is 6.61. The van der Waals surface area contributed by atoms with Crippen LogP contribution in [0.15, 0.2) is 59.5 Å². The second kappa shape index (κ2) is 9.35. The molecule has 7 heteroatoms. The molecule has 1 heterocycles. The van der Waals surface area contributed by atoms with E-state index in [1.807, 2.05) is 37.3 Å². The number of rotatable bonds is 7. The van der Waals surface area contributed by atoms with E-state index in [-0.39, 0.29) is 30.5 Å². The molecule has 7 nitrogen and oxygen atoms in total. The third-order valence-corrected chi connectivity index (χ3v) is 4.61. The number of aromatic nitrogens is 2. The van der Waals surface area contributed by atoms with Gasteiger partial charge in [-0.05, 0) is 38.5 Å². The Morgan fingerprint density at radius 3 is 2.50 bits per heavy atom. The van der Waals surface area contributed by atoms with Crippen LogP contribution in [0.5, 0.6) is 0 Å². The van der Waals surface area contributed by atoms with Crippen molar-refractivity contribution in [2.24, 2.45) is 0 Å². The third kappa shape index (κ3) is 5.31. The number of hydrogen-bond acceptors (Lipinski definition) is 5. The van der Waals surface area contributed by atoms with Crippen molar-refractivity contribution in [1.29, 1.82) is 0 Å². The minimum absolute atomic E-state index is 0.00102. The molecule has 0 saturated carbocycles. The second-order valence-electron chi connectivity index (χ2n) is 7.44. The molecule has 1 aromatic heterocycles. The largest absolute Gasteiger partial charge is 0.463 e. The Labute approximate surface area is 174 Å². The van der Waals surface area contributed by atoms with Gasteiger partial charge in [-0.3, -0.25) is 19.0 Å². The van der Waals surface area contributed by atoms with E-state index in [2.05, 4.69) is 10.3 Å². The molecule has 0 saturated heterocycles. The lowest BCUT2D eigenvalue weighted by Gasteiger charge is -2.20. The third-order valence-electron chi connectivity index (χ3n) is 4.61. The van der Waals surface area contributed by atoms with Crippen LogP contribution < -0.4 is 10.9 Å². The molecule has 0 spiro atoms. The standard InChI is InChI=1S/C23H25N3O4/c1-15(2)30-23(29)12-19(17-10-8-16(3)9-11-17)25-21(27)14-26-20-7-5-4-6-18(20)24-13-22(26)28/h4-11,13,15,19H,12,14H2,1-3H3,(H,25,27). The summed E-state index contributed by atoms with van der Waals surface area (Å²) in [6, 6.07) is 14.1. The van der Waals surface area contributed by atoms with Crippen LogP contribution in [0.3, 0.4) is 0 Å². The fourth-order valence-corrected chi connectivity index (χ4v) is 3.19. The molecule has 1 unspecified atom stereocenters. The predicted molar refractivity (Wildman–Crippen MR) is 114 cm³/mol. The number of ether oxygens (including phenoxy) is 1. The van der Waals surface area contributed by atoms with Gasteiger partial charge in [0.1, 0.15) is 6.54 Å². The number of fused-ring (bicyclic) bond motifs is 1. The smallest absolute Gasteiger partial charge is 0.308 e. The van der Waals surface area contributed by atoms with Gasteiger partial charge in [-0.15, -0.1) is 0 Å². The van der Waals surface area contributed by atoms with E-state index in [0.29, 0.717) is 11.0 Å². The van der Waals surface area contributed by atoms with Gasteiger partial charge >= 0.3 is 5.97 Å². The maximum absolute atomic E-state index is 12.8. The van der Waals surface area contributed by atoms with Crippen molar-refractivity contribution in [2.75, 3.05) is 0 Å². The van der Waals surface area contributed by atoms with Gasteiger partial charge in [0.2, 0.25) is 5.91 Å². The van der Waals surface area contributed by atoms with Crippen molar-refractivity contribution < 1.29 is 14.3 Å². The van der Waals surface area contributed by atoms with Gasteiger partial charge in [0.05, 0.1) is 35.8 Å². The van der Waals surface area contributed by atoms with Gasteiger partial charge in [-0.1, -0.05) is 42.0 Å². The second-order valence-corrected chi connectivity index (χ2v) is 7.44. The van der Waals surface area contributed by atoms with Crippen LogP contribution in [-0.2, 0) is 20.9 Å². The molecular formula is C23H25N3O4. The van der Waals surface area contributed by atoms with Crippen molar-refractivity contribution in [3.8, 4) is 0 Å². The number of nitrogens with zero attached hydrogens (tertiary/aromatic N) is 2. The highest BCUT2D eigenvalue weighted by Crippen LogP contribution is 2.19. The summed E-state index contributed by atoms with van der Waals surface area (Å²) in [5, 5.41) is 2.88. The van der Waals surface area contributed by atoms with E-state index >= 15 is 0 Å². The first-order valence-electron chi connectivity index (χ1n) is 9.83. The van der Waals surface area contributed by atoms with Crippen LogP contribution in [0.4, 0.5) is 0 Å². The van der Waals surface area contributed by atoms with Crippen molar-refractivity contribution in [2.45, 2.75) is 45.9 Å². The molecule has 0 fully saturated rings. The molecule has 30 heavy (non-hydrogen) atoms. The van der Waals surface area contributed by atoms with Crippen LogP contribution in [-0.4, -0.2) is 27.5 Å². The summed E-state index contributed by atoms with van der Waals surface area (Å²) in [7, 11) is 0. The van der Waals surface area contributed by atoms with Gasteiger partial charge in [0.25, 0.3) is 5.56 Å². The molecular weight excluding hydrogens is 382 g/mol. The summed E-state index contributed by atoms with van der Waals surface area (Å²) in [6.07, 6.45) is 0.958. The monoisotopic (exact) mass is 407 g/mol. The Balaban J connectivity index is 1.83. The lowest BCUT2D eigenvalue weighted by Crippen LogP contribution is -2.36. The number of carbonyl (C=O) groups is 2. The van der Waals surface area contributed by atoms with E-state index < -0.39 is 12.0 Å². The normalized spacial score (nSPS) is 12.0. The molecule has 0 aliphatic rings. The molecule has 0 radical (unpaired) electrons. The first kappa shape index (κ1) is 21.2. The first-order chi connectivity index (χ1) is 14.3. The van der Waals surface area contributed by atoms with Crippen molar-refractivity contribution >= 4 is 22.9 Å². The van der Waals surface area contributed by atoms with Gasteiger partial charge in [0.15, 0.2) is 0 Å². The number of esters is 1. The first-order valence-corrected chi connectivity index (χ1v) is 9.83. The van der Waals surface area contributed by atoms with Gasteiger partial charge in [0, 0.05) is 0 Å². The minimum Gasteiger partial charge on any atom is -0.463 e. The summed E-state index contributed by atoms with van der Waals surface area (Å²) in [5.74, 6) is -0.779. The summed E-state index contributed by atoms with van der Waals surface area (Å²) in [4.78, 5) is 41.5. The highest BCUT2D eigenvalue weighted by atomic mass is 16.5. The highest BCUT2D eigenvalue weighted by Gasteiger charge is 2.21. The zero-order chi connectivity index (χ0) is 21.7. The SMILES string of the molecule is Cc1ccc(C(CC(=O)OC(C)C)NC(=O)Cn2c(=O)cnc3ccccc32)cc1. The number of aryl methyl sites for hydroxylation is 1. The quantitative estimate of drug-likeness (QED) is 0.608. The number of nitrogens with one attached hydrogen (secondary N) is 1. The molecule has 3 rings (SSSR count). The fourth-order valence-electron chi connectivity index (χ4n) is 3.19. The topological polar surface area (TPSA) is 90.3 Å². The fraction of sp³-hybridized carbons (Fsp3) is 0.304. The molecule has 0 aliphatic carbocycles. The lowest BCUT2D eigenvalue weighted by molar-refractivity contribution is -0.148. The Hall–Kier alpha value is -3.48. The summed E-state index contributed by atoms with van der Waals surface area (Å²) < 4.78 is 6.62. The molecule has 156 valence electrons. The zero-order valence-corrected chi connectivity index (χ0v) is 17.3.